The fourth-order valence-electron chi connectivity index (χ4n) is 1.85. The number of hydrogen-bond acceptors (Lipinski definition) is 5. The van der Waals surface area contributed by atoms with Gasteiger partial charge in [-0.2, -0.15) is 0 Å². The van der Waals surface area contributed by atoms with Crippen molar-refractivity contribution in [3.63, 3.8) is 0 Å². The average molecular weight is 244 g/mol. The van der Waals surface area contributed by atoms with E-state index in [0.717, 1.165) is 0 Å². The van der Waals surface area contributed by atoms with Crippen LogP contribution in [0.15, 0.2) is 41.3 Å². The molecule has 0 atom stereocenters. The molecule has 92 valence electrons. The van der Waals surface area contributed by atoms with Crippen LogP contribution in [0.25, 0.3) is 0 Å². The standard InChI is InChI=1S/C12H12N4O2/c17-11(10-3-1-6-18-10)16-7-9(8-16)15-12-13-4-2-5-14-12/h1-6,9H,7-8H2,(H,13,14,15). The van der Waals surface area contributed by atoms with Crippen LogP contribution in [0.5, 0.6) is 0 Å². The number of furan rings is 1. The van der Waals surface area contributed by atoms with Gasteiger partial charge in [0.1, 0.15) is 0 Å². The maximum absolute atomic E-state index is 11.9. The Morgan fingerprint density at radius 3 is 2.78 bits per heavy atom. The lowest BCUT2D eigenvalue weighted by Gasteiger charge is -2.38. The summed E-state index contributed by atoms with van der Waals surface area (Å²) in [6, 6.07) is 5.34. The molecule has 1 saturated heterocycles. The highest BCUT2D eigenvalue weighted by molar-refractivity contribution is 5.92. The molecule has 3 rings (SSSR count). The van der Waals surface area contributed by atoms with E-state index in [0.29, 0.717) is 24.8 Å². The summed E-state index contributed by atoms with van der Waals surface area (Å²) in [6.07, 6.45) is 4.86. The van der Waals surface area contributed by atoms with Crippen LogP contribution in [0.4, 0.5) is 5.95 Å². The molecule has 1 aliphatic rings. The third kappa shape index (κ3) is 2.04. The van der Waals surface area contributed by atoms with Crippen LogP contribution in [-0.2, 0) is 0 Å². The van der Waals surface area contributed by atoms with Crippen molar-refractivity contribution in [2.45, 2.75) is 6.04 Å². The van der Waals surface area contributed by atoms with E-state index in [1.807, 2.05) is 0 Å². The zero-order valence-electron chi connectivity index (χ0n) is 9.61. The Labute approximate surface area is 104 Å². The van der Waals surface area contributed by atoms with Gasteiger partial charge in [0.2, 0.25) is 5.95 Å². The fourth-order valence-corrected chi connectivity index (χ4v) is 1.85. The number of anilines is 1. The second-order valence-electron chi connectivity index (χ2n) is 4.10. The van der Waals surface area contributed by atoms with E-state index in [4.69, 9.17) is 4.42 Å². The lowest BCUT2D eigenvalue weighted by Crippen LogP contribution is -2.57. The second kappa shape index (κ2) is 4.48. The molecule has 2 aromatic heterocycles. The highest BCUT2D eigenvalue weighted by Gasteiger charge is 2.32. The van der Waals surface area contributed by atoms with Gasteiger partial charge in [-0.25, -0.2) is 9.97 Å². The summed E-state index contributed by atoms with van der Waals surface area (Å²) in [4.78, 5) is 21.7. The van der Waals surface area contributed by atoms with E-state index in [9.17, 15) is 4.79 Å². The van der Waals surface area contributed by atoms with Crippen LogP contribution in [-0.4, -0.2) is 39.9 Å². The van der Waals surface area contributed by atoms with Gasteiger partial charge in [0.25, 0.3) is 5.91 Å². The van der Waals surface area contributed by atoms with Crippen LogP contribution >= 0.6 is 0 Å². The summed E-state index contributed by atoms with van der Waals surface area (Å²) in [6.45, 7) is 1.27. The molecule has 0 spiro atoms. The van der Waals surface area contributed by atoms with Crippen molar-refractivity contribution in [3.05, 3.63) is 42.6 Å². The Kier molecular flexibility index (Phi) is 2.68. The molecule has 6 nitrogen and oxygen atoms in total. The minimum absolute atomic E-state index is 0.0768. The molecule has 18 heavy (non-hydrogen) atoms. The zero-order chi connectivity index (χ0) is 12.4. The Morgan fingerprint density at radius 1 is 1.33 bits per heavy atom. The molecule has 1 fully saturated rings. The molecule has 3 heterocycles. The molecule has 0 radical (unpaired) electrons. The first-order chi connectivity index (χ1) is 8.83. The second-order valence-corrected chi connectivity index (χ2v) is 4.10. The van der Waals surface area contributed by atoms with E-state index in [1.165, 1.54) is 6.26 Å². The number of carbonyl (C=O) groups excluding carboxylic acids is 1. The van der Waals surface area contributed by atoms with Crippen molar-refractivity contribution in [3.8, 4) is 0 Å². The largest absolute Gasteiger partial charge is 0.459 e. The van der Waals surface area contributed by atoms with E-state index in [-0.39, 0.29) is 11.9 Å². The van der Waals surface area contributed by atoms with E-state index >= 15 is 0 Å². The molecule has 1 aliphatic heterocycles. The predicted molar refractivity (Wildman–Crippen MR) is 64.1 cm³/mol. The topological polar surface area (TPSA) is 71.3 Å². The number of aromatic nitrogens is 2. The molecule has 0 bridgehead atoms. The Hall–Kier alpha value is -2.37. The SMILES string of the molecule is O=C(c1ccco1)N1CC(Nc2ncccn2)C1. The van der Waals surface area contributed by atoms with Crippen molar-refractivity contribution in [1.82, 2.24) is 14.9 Å². The molecular weight excluding hydrogens is 232 g/mol. The van der Waals surface area contributed by atoms with Crippen LogP contribution in [0.3, 0.4) is 0 Å². The molecule has 0 unspecified atom stereocenters. The van der Waals surface area contributed by atoms with Gasteiger partial charge < -0.3 is 14.6 Å². The van der Waals surface area contributed by atoms with Gasteiger partial charge in [-0.1, -0.05) is 0 Å². The Balaban J connectivity index is 1.53. The molecule has 0 aromatic carbocycles. The molecule has 0 aliphatic carbocycles. The van der Waals surface area contributed by atoms with Crippen LogP contribution in [0.2, 0.25) is 0 Å². The van der Waals surface area contributed by atoms with E-state index < -0.39 is 0 Å². The monoisotopic (exact) mass is 244 g/mol. The quantitative estimate of drug-likeness (QED) is 0.872. The fraction of sp³-hybridized carbons (Fsp3) is 0.250. The van der Waals surface area contributed by atoms with Gasteiger partial charge in [-0.15, -0.1) is 0 Å². The van der Waals surface area contributed by atoms with Crippen molar-refractivity contribution >= 4 is 11.9 Å². The third-order valence-electron chi connectivity index (χ3n) is 2.80. The van der Waals surface area contributed by atoms with Gasteiger partial charge >= 0.3 is 0 Å². The molecule has 2 aromatic rings. The predicted octanol–water partition coefficient (Wildman–Crippen LogP) is 1.01. The van der Waals surface area contributed by atoms with Crippen LogP contribution in [0, 0.1) is 0 Å². The number of hydrogen-bond donors (Lipinski definition) is 1. The number of rotatable bonds is 3. The first-order valence-corrected chi connectivity index (χ1v) is 5.69. The Bertz CT molecular complexity index is 520. The number of nitrogens with one attached hydrogen (secondary N) is 1. The number of likely N-dealkylation sites (tertiary alicyclic amines) is 1. The summed E-state index contributed by atoms with van der Waals surface area (Å²) < 4.78 is 5.07. The highest BCUT2D eigenvalue weighted by atomic mass is 16.3. The van der Waals surface area contributed by atoms with Crippen LogP contribution in [0.1, 0.15) is 10.6 Å². The van der Waals surface area contributed by atoms with Crippen molar-refractivity contribution in [2.24, 2.45) is 0 Å². The normalized spacial score (nSPS) is 15.2. The first-order valence-electron chi connectivity index (χ1n) is 5.69. The number of amides is 1. The molecule has 0 saturated carbocycles. The highest BCUT2D eigenvalue weighted by Crippen LogP contribution is 2.16. The number of nitrogens with zero attached hydrogens (tertiary/aromatic N) is 3. The van der Waals surface area contributed by atoms with Gasteiger partial charge in [0, 0.05) is 25.5 Å². The average Bonchev–Trinajstić information content (AvgIpc) is 2.87. The minimum atomic E-state index is -0.0768. The number of carbonyl (C=O) groups is 1. The third-order valence-corrected chi connectivity index (χ3v) is 2.80. The molecule has 1 N–H and O–H groups in total. The summed E-state index contributed by atoms with van der Waals surface area (Å²) in [5, 5.41) is 3.16. The molecule has 6 heteroatoms. The summed E-state index contributed by atoms with van der Waals surface area (Å²) in [7, 11) is 0. The summed E-state index contributed by atoms with van der Waals surface area (Å²) in [5.74, 6) is 0.893. The van der Waals surface area contributed by atoms with Crippen molar-refractivity contribution < 1.29 is 9.21 Å². The van der Waals surface area contributed by atoms with Crippen LogP contribution < -0.4 is 5.32 Å². The van der Waals surface area contributed by atoms with E-state index in [2.05, 4.69) is 15.3 Å². The van der Waals surface area contributed by atoms with Gasteiger partial charge in [-0.3, -0.25) is 4.79 Å². The van der Waals surface area contributed by atoms with Crippen molar-refractivity contribution in [1.29, 1.82) is 0 Å². The first kappa shape index (κ1) is 10.8. The minimum Gasteiger partial charge on any atom is -0.459 e. The lowest BCUT2D eigenvalue weighted by atomic mass is 10.1. The Morgan fingerprint density at radius 2 is 2.11 bits per heavy atom. The maximum atomic E-state index is 11.9. The summed E-state index contributed by atoms with van der Waals surface area (Å²) >= 11 is 0. The van der Waals surface area contributed by atoms with Gasteiger partial charge in [0.05, 0.1) is 12.3 Å². The van der Waals surface area contributed by atoms with Gasteiger partial charge in [0.15, 0.2) is 5.76 Å². The lowest BCUT2D eigenvalue weighted by molar-refractivity contribution is 0.0591. The van der Waals surface area contributed by atoms with Gasteiger partial charge in [-0.05, 0) is 18.2 Å². The van der Waals surface area contributed by atoms with Crippen molar-refractivity contribution in [2.75, 3.05) is 18.4 Å². The molecule has 1 amide bonds. The summed E-state index contributed by atoms with van der Waals surface area (Å²) in [5.41, 5.74) is 0. The maximum Gasteiger partial charge on any atom is 0.289 e. The zero-order valence-corrected chi connectivity index (χ0v) is 9.61. The van der Waals surface area contributed by atoms with E-state index in [1.54, 1.807) is 35.5 Å². The molecular formula is C12H12N4O2. The smallest absolute Gasteiger partial charge is 0.289 e.